The lowest BCUT2D eigenvalue weighted by Gasteiger charge is -2.01. The molecule has 1 aromatic rings. The van der Waals surface area contributed by atoms with Crippen LogP contribution in [0.1, 0.15) is 35.6 Å². The largest absolute Gasteiger partial charge is 0.441 e. The molecule has 0 bridgehead atoms. The van der Waals surface area contributed by atoms with E-state index in [1.165, 1.54) is 6.26 Å². The van der Waals surface area contributed by atoms with Crippen LogP contribution in [-0.4, -0.2) is 23.5 Å². The number of carbonyl (C=O) groups excluding carboxylic acids is 1. The van der Waals surface area contributed by atoms with Gasteiger partial charge >= 0.3 is 5.91 Å². The molecular formula is C9H13N3O2. The number of hydrogen-bond acceptors (Lipinski definition) is 4. The van der Waals surface area contributed by atoms with E-state index in [1.54, 1.807) is 0 Å². The first-order valence-electron chi connectivity index (χ1n) is 4.65. The van der Waals surface area contributed by atoms with Crippen molar-refractivity contribution in [2.45, 2.75) is 25.3 Å². The fourth-order valence-electron chi connectivity index (χ4n) is 1.75. The molecule has 1 amide bonds. The quantitative estimate of drug-likeness (QED) is 0.708. The highest BCUT2D eigenvalue weighted by Gasteiger charge is 2.25. The number of hydrogen-bond donors (Lipinski definition) is 2. The van der Waals surface area contributed by atoms with Crippen LogP contribution in [0.3, 0.4) is 0 Å². The number of rotatable bonds is 2. The second kappa shape index (κ2) is 3.42. The van der Waals surface area contributed by atoms with Crippen LogP contribution >= 0.6 is 0 Å². The lowest BCUT2D eigenvalue weighted by molar-refractivity contribution is 0.0967. The second-order valence-electron chi connectivity index (χ2n) is 3.68. The first-order chi connectivity index (χ1) is 6.66. The van der Waals surface area contributed by atoms with Crippen molar-refractivity contribution >= 4 is 5.91 Å². The van der Waals surface area contributed by atoms with E-state index in [0.717, 1.165) is 18.7 Å². The molecule has 3 N–H and O–H groups in total. The third-order valence-electron chi connectivity index (χ3n) is 2.50. The number of oxazole rings is 1. The van der Waals surface area contributed by atoms with E-state index in [2.05, 4.69) is 17.2 Å². The maximum absolute atomic E-state index is 10.7. The predicted molar refractivity (Wildman–Crippen MR) is 49.8 cm³/mol. The van der Waals surface area contributed by atoms with E-state index >= 15 is 0 Å². The Balaban J connectivity index is 2.13. The van der Waals surface area contributed by atoms with Gasteiger partial charge in [0.2, 0.25) is 0 Å². The van der Waals surface area contributed by atoms with E-state index in [-0.39, 0.29) is 5.89 Å². The van der Waals surface area contributed by atoms with Gasteiger partial charge in [-0.2, -0.15) is 0 Å². The van der Waals surface area contributed by atoms with Gasteiger partial charge in [-0.05, 0) is 13.3 Å². The van der Waals surface area contributed by atoms with E-state index < -0.39 is 5.91 Å². The molecule has 76 valence electrons. The first kappa shape index (κ1) is 9.21. The average Bonchev–Trinajstić information content (AvgIpc) is 2.70. The molecule has 0 radical (unpaired) electrons. The normalized spacial score (nSPS) is 26.6. The SMILES string of the molecule is C[C@@H]1C[C@@H](c2coc(C(N)=O)n2)CN1. The van der Waals surface area contributed by atoms with Gasteiger partial charge in [0.15, 0.2) is 0 Å². The van der Waals surface area contributed by atoms with Gasteiger partial charge < -0.3 is 15.5 Å². The summed E-state index contributed by atoms with van der Waals surface area (Å²) in [5.74, 6) is -0.281. The van der Waals surface area contributed by atoms with Crippen LogP contribution in [0, 0.1) is 0 Å². The Morgan fingerprint density at radius 3 is 3.07 bits per heavy atom. The number of carbonyl (C=O) groups is 1. The molecule has 2 atom stereocenters. The molecule has 1 fully saturated rings. The van der Waals surface area contributed by atoms with Crippen molar-refractivity contribution in [1.29, 1.82) is 0 Å². The molecular weight excluding hydrogens is 182 g/mol. The van der Waals surface area contributed by atoms with Crippen molar-refractivity contribution in [3.05, 3.63) is 17.8 Å². The van der Waals surface area contributed by atoms with Crippen molar-refractivity contribution in [2.24, 2.45) is 5.73 Å². The van der Waals surface area contributed by atoms with E-state index in [4.69, 9.17) is 10.2 Å². The number of aromatic nitrogens is 1. The summed E-state index contributed by atoms with van der Waals surface area (Å²) in [5, 5.41) is 3.31. The smallest absolute Gasteiger partial charge is 0.304 e. The summed E-state index contributed by atoms with van der Waals surface area (Å²) >= 11 is 0. The fourth-order valence-corrected chi connectivity index (χ4v) is 1.75. The van der Waals surface area contributed by atoms with Crippen molar-refractivity contribution < 1.29 is 9.21 Å². The molecule has 5 heteroatoms. The number of amides is 1. The second-order valence-corrected chi connectivity index (χ2v) is 3.68. The zero-order valence-corrected chi connectivity index (χ0v) is 7.99. The molecule has 0 saturated carbocycles. The van der Waals surface area contributed by atoms with Gasteiger partial charge in [-0.15, -0.1) is 0 Å². The lowest BCUT2D eigenvalue weighted by Crippen LogP contribution is -2.16. The maximum Gasteiger partial charge on any atom is 0.304 e. The fraction of sp³-hybridized carbons (Fsp3) is 0.556. The van der Waals surface area contributed by atoms with Gasteiger partial charge in [0.05, 0.1) is 5.69 Å². The van der Waals surface area contributed by atoms with Gasteiger partial charge in [-0.25, -0.2) is 4.98 Å². The Hall–Kier alpha value is -1.36. The zero-order chi connectivity index (χ0) is 10.1. The maximum atomic E-state index is 10.7. The summed E-state index contributed by atoms with van der Waals surface area (Å²) in [4.78, 5) is 14.8. The van der Waals surface area contributed by atoms with Gasteiger partial charge in [0, 0.05) is 18.5 Å². The first-order valence-corrected chi connectivity index (χ1v) is 4.65. The number of primary amides is 1. The minimum atomic E-state index is -0.616. The molecule has 0 aromatic carbocycles. The highest BCUT2D eigenvalue weighted by atomic mass is 16.3. The van der Waals surface area contributed by atoms with Crippen LogP contribution < -0.4 is 11.1 Å². The van der Waals surface area contributed by atoms with Gasteiger partial charge in [-0.1, -0.05) is 0 Å². The third kappa shape index (κ3) is 1.63. The molecule has 1 aliphatic rings. The summed E-state index contributed by atoms with van der Waals surface area (Å²) < 4.78 is 4.96. The molecule has 0 spiro atoms. The number of nitrogens with two attached hydrogens (primary N) is 1. The van der Waals surface area contributed by atoms with Crippen LogP contribution in [0.4, 0.5) is 0 Å². The van der Waals surface area contributed by atoms with Crippen LogP contribution in [-0.2, 0) is 0 Å². The van der Waals surface area contributed by atoms with Crippen molar-refractivity contribution in [3.63, 3.8) is 0 Å². The topological polar surface area (TPSA) is 81.2 Å². The van der Waals surface area contributed by atoms with Crippen LogP contribution in [0.5, 0.6) is 0 Å². The van der Waals surface area contributed by atoms with Crippen LogP contribution in [0.25, 0.3) is 0 Å². The number of nitrogens with zero attached hydrogens (tertiary/aromatic N) is 1. The highest BCUT2D eigenvalue weighted by Crippen LogP contribution is 2.24. The Labute approximate surface area is 81.7 Å². The molecule has 5 nitrogen and oxygen atoms in total. The Morgan fingerprint density at radius 1 is 1.79 bits per heavy atom. The van der Waals surface area contributed by atoms with Crippen molar-refractivity contribution in [1.82, 2.24) is 10.3 Å². The molecule has 0 aliphatic carbocycles. The molecule has 0 unspecified atom stereocenters. The van der Waals surface area contributed by atoms with Crippen LogP contribution in [0.2, 0.25) is 0 Å². The molecule has 1 aromatic heterocycles. The molecule has 2 heterocycles. The van der Waals surface area contributed by atoms with Crippen molar-refractivity contribution in [3.8, 4) is 0 Å². The Bertz CT molecular complexity index is 348. The van der Waals surface area contributed by atoms with E-state index in [0.29, 0.717) is 12.0 Å². The molecule has 1 aliphatic heterocycles. The average molecular weight is 195 g/mol. The number of nitrogens with one attached hydrogen (secondary N) is 1. The van der Waals surface area contributed by atoms with Gasteiger partial charge in [-0.3, -0.25) is 4.79 Å². The predicted octanol–water partition coefficient (Wildman–Crippen LogP) is 0.239. The Kier molecular flexibility index (Phi) is 2.25. The molecule has 2 rings (SSSR count). The van der Waals surface area contributed by atoms with Gasteiger partial charge in [0.25, 0.3) is 5.89 Å². The summed E-state index contributed by atoms with van der Waals surface area (Å²) in [6.45, 7) is 3.00. The summed E-state index contributed by atoms with van der Waals surface area (Å²) in [5.41, 5.74) is 5.86. The molecule has 14 heavy (non-hydrogen) atoms. The lowest BCUT2D eigenvalue weighted by atomic mass is 10.0. The van der Waals surface area contributed by atoms with E-state index in [1.807, 2.05) is 0 Å². The van der Waals surface area contributed by atoms with Gasteiger partial charge in [0.1, 0.15) is 6.26 Å². The standard InChI is InChI=1S/C9H13N3O2/c1-5-2-6(3-11-5)7-4-14-9(12-7)8(10)13/h4-6,11H,2-3H2,1H3,(H2,10,13)/t5-,6-/m1/s1. The zero-order valence-electron chi connectivity index (χ0n) is 7.99. The summed E-state index contributed by atoms with van der Waals surface area (Å²) in [6, 6.07) is 0.494. The highest BCUT2D eigenvalue weighted by molar-refractivity contribution is 5.87. The minimum Gasteiger partial charge on any atom is -0.441 e. The van der Waals surface area contributed by atoms with Crippen molar-refractivity contribution in [2.75, 3.05) is 6.54 Å². The van der Waals surface area contributed by atoms with E-state index in [9.17, 15) is 4.79 Å². The monoisotopic (exact) mass is 195 g/mol. The summed E-state index contributed by atoms with van der Waals surface area (Å²) in [6.07, 6.45) is 2.54. The third-order valence-corrected chi connectivity index (χ3v) is 2.50. The molecule has 1 saturated heterocycles. The summed E-state index contributed by atoms with van der Waals surface area (Å²) in [7, 11) is 0. The Morgan fingerprint density at radius 2 is 2.57 bits per heavy atom. The van der Waals surface area contributed by atoms with Crippen LogP contribution in [0.15, 0.2) is 10.7 Å². The minimum absolute atomic E-state index is 0.000414.